The molecule has 0 saturated carbocycles. The zero-order valence-corrected chi connectivity index (χ0v) is 9.54. The van der Waals surface area contributed by atoms with Gasteiger partial charge in [0, 0.05) is 25.7 Å². The fourth-order valence-corrected chi connectivity index (χ4v) is 1.98. The molecule has 1 aromatic carbocycles. The highest BCUT2D eigenvalue weighted by Gasteiger charge is 2.26. The summed E-state index contributed by atoms with van der Waals surface area (Å²) in [5.41, 5.74) is -0.457. The lowest BCUT2D eigenvalue weighted by Crippen LogP contribution is -2.51. The molecule has 17 heavy (non-hydrogen) atoms. The van der Waals surface area contributed by atoms with Gasteiger partial charge in [-0.15, -0.1) is 0 Å². The van der Waals surface area contributed by atoms with Crippen LogP contribution in [0.3, 0.4) is 0 Å². The van der Waals surface area contributed by atoms with Crippen molar-refractivity contribution in [1.29, 1.82) is 0 Å². The molecular formula is C12H14F2N2O. The first kappa shape index (κ1) is 12.0. The zero-order valence-electron chi connectivity index (χ0n) is 9.54. The number of halogens is 2. The van der Waals surface area contributed by atoms with Crippen LogP contribution in [0.5, 0.6) is 0 Å². The Balaban J connectivity index is 2.24. The van der Waals surface area contributed by atoms with Gasteiger partial charge in [0.25, 0.3) is 5.91 Å². The van der Waals surface area contributed by atoms with Crippen molar-refractivity contribution in [3.8, 4) is 0 Å². The highest BCUT2D eigenvalue weighted by molar-refractivity contribution is 5.94. The second-order valence-corrected chi connectivity index (χ2v) is 4.20. The standard InChI is InChI=1S/C12H14F2N2O/c1-8-7-16(6-5-15-8)12(17)11-9(13)3-2-4-10(11)14/h2-4,8,15H,5-7H2,1H3/t8-/m1/s1. The van der Waals surface area contributed by atoms with E-state index in [1.165, 1.54) is 11.0 Å². The van der Waals surface area contributed by atoms with Crippen LogP contribution in [0.2, 0.25) is 0 Å². The molecule has 1 atom stereocenters. The Morgan fingerprint density at radius 3 is 2.65 bits per heavy atom. The van der Waals surface area contributed by atoms with E-state index in [1.54, 1.807) is 0 Å². The van der Waals surface area contributed by atoms with Crippen LogP contribution in [0.25, 0.3) is 0 Å². The number of benzene rings is 1. The van der Waals surface area contributed by atoms with Crippen molar-refractivity contribution in [2.75, 3.05) is 19.6 Å². The van der Waals surface area contributed by atoms with Crippen molar-refractivity contribution in [2.45, 2.75) is 13.0 Å². The first-order valence-electron chi connectivity index (χ1n) is 5.56. The Hall–Kier alpha value is -1.49. The van der Waals surface area contributed by atoms with E-state index in [2.05, 4.69) is 5.32 Å². The number of rotatable bonds is 1. The van der Waals surface area contributed by atoms with E-state index in [1.807, 2.05) is 6.92 Å². The van der Waals surface area contributed by atoms with Crippen molar-refractivity contribution in [2.24, 2.45) is 0 Å². The second-order valence-electron chi connectivity index (χ2n) is 4.20. The average molecular weight is 240 g/mol. The van der Waals surface area contributed by atoms with Gasteiger partial charge in [0.1, 0.15) is 17.2 Å². The van der Waals surface area contributed by atoms with Crippen LogP contribution >= 0.6 is 0 Å². The SMILES string of the molecule is C[C@@H]1CN(C(=O)c2c(F)cccc2F)CCN1. The van der Waals surface area contributed by atoms with Gasteiger partial charge in [-0.3, -0.25) is 4.79 Å². The van der Waals surface area contributed by atoms with Crippen LogP contribution in [0, 0.1) is 11.6 Å². The van der Waals surface area contributed by atoms with Gasteiger partial charge in [-0.25, -0.2) is 8.78 Å². The minimum Gasteiger partial charge on any atom is -0.336 e. The van der Waals surface area contributed by atoms with Crippen molar-refractivity contribution < 1.29 is 13.6 Å². The average Bonchev–Trinajstić information content (AvgIpc) is 2.28. The molecule has 2 rings (SSSR count). The maximum absolute atomic E-state index is 13.4. The molecule has 3 nitrogen and oxygen atoms in total. The lowest BCUT2D eigenvalue weighted by Gasteiger charge is -2.32. The number of nitrogens with one attached hydrogen (secondary N) is 1. The highest BCUT2D eigenvalue weighted by atomic mass is 19.1. The molecule has 0 spiro atoms. The molecule has 1 aliphatic heterocycles. The fraction of sp³-hybridized carbons (Fsp3) is 0.417. The third-order valence-corrected chi connectivity index (χ3v) is 2.83. The van der Waals surface area contributed by atoms with Gasteiger partial charge in [-0.1, -0.05) is 6.07 Å². The van der Waals surface area contributed by atoms with Crippen molar-refractivity contribution in [3.05, 3.63) is 35.4 Å². The van der Waals surface area contributed by atoms with Gasteiger partial charge in [-0.2, -0.15) is 0 Å². The summed E-state index contributed by atoms with van der Waals surface area (Å²) in [7, 11) is 0. The molecule has 1 aromatic rings. The third kappa shape index (κ3) is 2.44. The van der Waals surface area contributed by atoms with Crippen LogP contribution in [0.15, 0.2) is 18.2 Å². The Morgan fingerprint density at radius 1 is 1.41 bits per heavy atom. The maximum Gasteiger partial charge on any atom is 0.259 e. The molecule has 1 aliphatic rings. The van der Waals surface area contributed by atoms with E-state index in [0.717, 1.165) is 12.1 Å². The summed E-state index contributed by atoms with van der Waals surface area (Å²) >= 11 is 0. The molecule has 0 radical (unpaired) electrons. The Bertz CT molecular complexity index is 416. The molecule has 0 aliphatic carbocycles. The molecule has 1 amide bonds. The van der Waals surface area contributed by atoms with Crippen molar-refractivity contribution in [1.82, 2.24) is 10.2 Å². The van der Waals surface area contributed by atoms with Crippen LogP contribution in [-0.4, -0.2) is 36.5 Å². The monoisotopic (exact) mass is 240 g/mol. The Morgan fingerprint density at radius 2 is 2.06 bits per heavy atom. The van der Waals surface area contributed by atoms with E-state index in [9.17, 15) is 13.6 Å². The molecule has 0 unspecified atom stereocenters. The smallest absolute Gasteiger partial charge is 0.259 e. The molecular weight excluding hydrogens is 226 g/mol. The van der Waals surface area contributed by atoms with E-state index in [-0.39, 0.29) is 6.04 Å². The molecule has 1 heterocycles. The zero-order chi connectivity index (χ0) is 12.4. The van der Waals surface area contributed by atoms with Crippen LogP contribution < -0.4 is 5.32 Å². The van der Waals surface area contributed by atoms with Gasteiger partial charge < -0.3 is 10.2 Å². The summed E-state index contributed by atoms with van der Waals surface area (Å²) in [4.78, 5) is 13.5. The van der Waals surface area contributed by atoms with Gasteiger partial charge in [0.05, 0.1) is 0 Å². The second kappa shape index (κ2) is 4.79. The quantitative estimate of drug-likeness (QED) is 0.804. The van der Waals surface area contributed by atoms with Crippen molar-refractivity contribution in [3.63, 3.8) is 0 Å². The summed E-state index contributed by atoms with van der Waals surface area (Å²) in [5, 5.41) is 3.17. The maximum atomic E-state index is 13.4. The van der Waals surface area contributed by atoms with Crippen molar-refractivity contribution >= 4 is 5.91 Å². The van der Waals surface area contributed by atoms with E-state index in [0.29, 0.717) is 19.6 Å². The summed E-state index contributed by atoms with van der Waals surface area (Å²) in [5.74, 6) is -2.18. The van der Waals surface area contributed by atoms with Crippen LogP contribution in [0.1, 0.15) is 17.3 Å². The molecule has 1 fully saturated rings. The Kier molecular flexibility index (Phi) is 3.38. The van der Waals surface area contributed by atoms with Crippen LogP contribution in [-0.2, 0) is 0 Å². The molecule has 1 saturated heterocycles. The van der Waals surface area contributed by atoms with Gasteiger partial charge >= 0.3 is 0 Å². The van der Waals surface area contributed by atoms with E-state index >= 15 is 0 Å². The summed E-state index contributed by atoms with van der Waals surface area (Å²) in [6.07, 6.45) is 0. The number of nitrogens with zero attached hydrogens (tertiary/aromatic N) is 1. The normalized spacial score (nSPS) is 20.4. The lowest BCUT2D eigenvalue weighted by molar-refractivity contribution is 0.0699. The number of piperazine rings is 1. The largest absolute Gasteiger partial charge is 0.336 e. The molecule has 0 aromatic heterocycles. The number of carbonyl (C=O) groups excluding carboxylic acids is 1. The number of carbonyl (C=O) groups is 1. The summed E-state index contributed by atoms with van der Waals surface area (Å²) in [6, 6.07) is 3.59. The predicted molar refractivity (Wildman–Crippen MR) is 59.7 cm³/mol. The molecule has 0 bridgehead atoms. The molecule has 92 valence electrons. The summed E-state index contributed by atoms with van der Waals surface area (Å²) in [6.45, 7) is 3.50. The minimum absolute atomic E-state index is 0.141. The first-order chi connectivity index (χ1) is 8.09. The fourth-order valence-electron chi connectivity index (χ4n) is 1.98. The van der Waals surface area contributed by atoms with E-state index < -0.39 is 23.1 Å². The minimum atomic E-state index is -0.804. The van der Waals surface area contributed by atoms with Gasteiger partial charge in [0.2, 0.25) is 0 Å². The highest BCUT2D eigenvalue weighted by Crippen LogP contribution is 2.15. The van der Waals surface area contributed by atoms with Gasteiger partial charge in [0.15, 0.2) is 0 Å². The molecule has 1 N–H and O–H groups in total. The molecule has 5 heteroatoms. The van der Waals surface area contributed by atoms with Crippen LogP contribution in [0.4, 0.5) is 8.78 Å². The summed E-state index contributed by atoms with van der Waals surface area (Å²) < 4.78 is 26.9. The number of amides is 1. The Labute approximate surface area is 98.4 Å². The number of hydrogen-bond acceptors (Lipinski definition) is 2. The first-order valence-corrected chi connectivity index (χ1v) is 5.56. The lowest BCUT2D eigenvalue weighted by atomic mass is 10.1. The predicted octanol–water partition coefficient (Wildman–Crippen LogP) is 1.40. The van der Waals surface area contributed by atoms with E-state index in [4.69, 9.17) is 0 Å². The van der Waals surface area contributed by atoms with Gasteiger partial charge in [-0.05, 0) is 19.1 Å². The topological polar surface area (TPSA) is 32.3 Å². The number of hydrogen-bond donors (Lipinski definition) is 1. The third-order valence-electron chi connectivity index (χ3n) is 2.83.